The normalized spacial score (nSPS) is 14.1. The monoisotopic (exact) mass is 392 g/mol. The SMILES string of the molecule is CCOC(=O)c1ccc(N2CCN(C(=O)c3ccc(F)c(F)c3F)CC2)cc1. The number of rotatable bonds is 4. The van der Waals surface area contributed by atoms with Crippen LogP contribution in [0.2, 0.25) is 0 Å². The van der Waals surface area contributed by atoms with Crippen molar-refractivity contribution in [1.29, 1.82) is 0 Å². The van der Waals surface area contributed by atoms with Gasteiger partial charge in [-0.3, -0.25) is 4.79 Å². The van der Waals surface area contributed by atoms with Crippen LogP contribution in [0, 0.1) is 17.5 Å². The number of anilines is 1. The molecular formula is C20H19F3N2O3. The number of carbonyl (C=O) groups excluding carboxylic acids is 2. The zero-order chi connectivity index (χ0) is 20.3. The summed E-state index contributed by atoms with van der Waals surface area (Å²) in [5, 5.41) is 0. The molecule has 0 saturated carbocycles. The Labute approximate surface area is 160 Å². The molecule has 0 unspecified atom stereocenters. The molecule has 3 rings (SSSR count). The lowest BCUT2D eigenvalue weighted by Crippen LogP contribution is -2.49. The van der Waals surface area contributed by atoms with E-state index in [1.165, 1.54) is 4.90 Å². The first-order valence-corrected chi connectivity index (χ1v) is 8.87. The number of hydrogen-bond acceptors (Lipinski definition) is 4. The van der Waals surface area contributed by atoms with Gasteiger partial charge >= 0.3 is 5.97 Å². The van der Waals surface area contributed by atoms with E-state index in [1.807, 2.05) is 4.90 Å². The molecule has 0 N–H and O–H groups in total. The highest BCUT2D eigenvalue weighted by Crippen LogP contribution is 2.21. The van der Waals surface area contributed by atoms with Gasteiger partial charge in [-0.1, -0.05) is 0 Å². The van der Waals surface area contributed by atoms with E-state index < -0.39 is 34.9 Å². The quantitative estimate of drug-likeness (QED) is 0.592. The van der Waals surface area contributed by atoms with Gasteiger partial charge in [0.25, 0.3) is 5.91 Å². The lowest BCUT2D eigenvalue weighted by atomic mass is 10.1. The van der Waals surface area contributed by atoms with Gasteiger partial charge in [0.15, 0.2) is 17.5 Å². The molecule has 1 saturated heterocycles. The van der Waals surface area contributed by atoms with Crippen LogP contribution in [0.4, 0.5) is 18.9 Å². The third-order valence-corrected chi connectivity index (χ3v) is 4.58. The van der Waals surface area contributed by atoms with E-state index in [-0.39, 0.29) is 0 Å². The average Bonchev–Trinajstić information content (AvgIpc) is 2.72. The molecule has 5 nitrogen and oxygen atoms in total. The number of nitrogens with zero attached hydrogens (tertiary/aromatic N) is 2. The van der Waals surface area contributed by atoms with Crippen LogP contribution >= 0.6 is 0 Å². The molecule has 0 spiro atoms. The van der Waals surface area contributed by atoms with Crippen molar-refractivity contribution in [3.8, 4) is 0 Å². The molecule has 2 aromatic carbocycles. The highest BCUT2D eigenvalue weighted by molar-refractivity contribution is 5.94. The first-order chi connectivity index (χ1) is 13.4. The van der Waals surface area contributed by atoms with Crippen LogP contribution in [0.3, 0.4) is 0 Å². The molecule has 8 heteroatoms. The largest absolute Gasteiger partial charge is 0.462 e. The average molecular weight is 392 g/mol. The minimum atomic E-state index is -1.65. The van der Waals surface area contributed by atoms with Crippen molar-refractivity contribution in [2.24, 2.45) is 0 Å². The van der Waals surface area contributed by atoms with Crippen molar-refractivity contribution < 1.29 is 27.5 Å². The van der Waals surface area contributed by atoms with Gasteiger partial charge in [0.2, 0.25) is 0 Å². The van der Waals surface area contributed by atoms with Gasteiger partial charge in [0.05, 0.1) is 17.7 Å². The number of ether oxygens (including phenoxy) is 1. The predicted octanol–water partition coefficient (Wildman–Crippen LogP) is 3.24. The van der Waals surface area contributed by atoms with E-state index in [1.54, 1.807) is 31.2 Å². The molecule has 1 aliphatic heterocycles. The number of amides is 1. The summed E-state index contributed by atoms with van der Waals surface area (Å²) >= 11 is 0. The molecule has 0 aliphatic carbocycles. The first-order valence-electron chi connectivity index (χ1n) is 8.87. The van der Waals surface area contributed by atoms with Crippen molar-refractivity contribution in [3.63, 3.8) is 0 Å². The molecule has 1 aliphatic rings. The minimum Gasteiger partial charge on any atom is -0.462 e. The zero-order valence-electron chi connectivity index (χ0n) is 15.3. The summed E-state index contributed by atoms with van der Waals surface area (Å²) in [5.74, 6) is -5.51. The summed E-state index contributed by atoms with van der Waals surface area (Å²) in [7, 11) is 0. The van der Waals surface area contributed by atoms with E-state index in [9.17, 15) is 22.8 Å². The van der Waals surface area contributed by atoms with Crippen LogP contribution in [0.25, 0.3) is 0 Å². The van der Waals surface area contributed by atoms with Crippen LogP contribution < -0.4 is 4.90 Å². The number of piperazine rings is 1. The molecule has 0 atom stereocenters. The fraction of sp³-hybridized carbons (Fsp3) is 0.300. The molecule has 0 aromatic heterocycles. The second-order valence-corrected chi connectivity index (χ2v) is 6.27. The Balaban J connectivity index is 1.64. The Kier molecular flexibility index (Phi) is 5.87. The zero-order valence-corrected chi connectivity index (χ0v) is 15.3. The van der Waals surface area contributed by atoms with Crippen molar-refractivity contribution in [1.82, 2.24) is 4.90 Å². The second-order valence-electron chi connectivity index (χ2n) is 6.27. The molecule has 0 bridgehead atoms. The molecule has 2 aromatic rings. The smallest absolute Gasteiger partial charge is 0.338 e. The van der Waals surface area contributed by atoms with Crippen LogP contribution in [-0.4, -0.2) is 49.6 Å². The Hall–Kier alpha value is -3.03. The third kappa shape index (κ3) is 3.95. The summed E-state index contributed by atoms with van der Waals surface area (Å²) in [6.45, 7) is 3.60. The highest BCUT2D eigenvalue weighted by Gasteiger charge is 2.26. The van der Waals surface area contributed by atoms with Gasteiger partial charge < -0.3 is 14.5 Å². The molecule has 28 heavy (non-hydrogen) atoms. The summed E-state index contributed by atoms with van der Waals surface area (Å²) < 4.78 is 45.2. The van der Waals surface area contributed by atoms with Crippen LogP contribution in [-0.2, 0) is 4.74 Å². The highest BCUT2D eigenvalue weighted by atomic mass is 19.2. The van der Waals surface area contributed by atoms with Gasteiger partial charge in [0.1, 0.15) is 0 Å². The third-order valence-electron chi connectivity index (χ3n) is 4.58. The topological polar surface area (TPSA) is 49.9 Å². The first kappa shape index (κ1) is 19.7. The molecule has 1 amide bonds. The Morgan fingerprint density at radius 3 is 2.18 bits per heavy atom. The van der Waals surface area contributed by atoms with Crippen molar-refractivity contribution in [3.05, 3.63) is 65.0 Å². The van der Waals surface area contributed by atoms with Crippen molar-refractivity contribution in [2.45, 2.75) is 6.92 Å². The van der Waals surface area contributed by atoms with Crippen LogP contribution in [0.15, 0.2) is 36.4 Å². The maximum Gasteiger partial charge on any atom is 0.338 e. The van der Waals surface area contributed by atoms with E-state index in [4.69, 9.17) is 4.74 Å². The van der Waals surface area contributed by atoms with Gasteiger partial charge in [-0.25, -0.2) is 18.0 Å². The predicted molar refractivity (Wildman–Crippen MR) is 96.8 cm³/mol. The van der Waals surface area contributed by atoms with Gasteiger partial charge in [0, 0.05) is 31.9 Å². The summed E-state index contributed by atoms with van der Waals surface area (Å²) in [6, 6.07) is 8.62. The van der Waals surface area contributed by atoms with Gasteiger partial charge in [-0.15, -0.1) is 0 Å². The maximum absolute atomic E-state index is 13.9. The number of carbonyl (C=O) groups is 2. The maximum atomic E-state index is 13.9. The molecule has 1 fully saturated rings. The lowest BCUT2D eigenvalue weighted by molar-refractivity contribution is 0.0526. The van der Waals surface area contributed by atoms with E-state index in [2.05, 4.69) is 0 Å². The second kappa shape index (κ2) is 8.33. The summed E-state index contributed by atoms with van der Waals surface area (Å²) in [5.41, 5.74) is 0.846. The number of esters is 1. The van der Waals surface area contributed by atoms with Crippen molar-refractivity contribution >= 4 is 17.6 Å². The fourth-order valence-electron chi connectivity index (χ4n) is 3.05. The van der Waals surface area contributed by atoms with Crippen molar-refractivity contribution in [2.75, 3.05) is 37.7 Å². The fourth-order valence-corrected chi connectivity index (χ4v) is 3.05. The van der Waals surface area contributed by atoms with E-state index in [0.717, 1.165) is 17.8 Å². The number of benzene rings is 2. The molecule has 148 valence electrons. The lowest BCUT2D eigenvalue weighted by Gasteiger charge is -2.36. The Bertz CT molecular complexity index is 879. The Morgan fingerprint density at radius 1 is 0.929 bits per heavy atom. The standard InChI is InChI=1S/C20H19F3N2O3/c1-2-28-20(27)13-3-5-14(6-4-13)24-9-11-25(12-10-24)19(26)15-7-8-16(21)18(23)17(15)22/h3-8H,2,9-12H2,1H3. The van der Waals surface area contributed by atoms with E-state index in [0.29, 0.717) is 38.3 Å². The molecule has 0 radical (unpaired) electrons. The molecular weight excluding hydrogens is 373 g/mol. The van der Waals surface area contributed by atoms with Gasteiger partial charge in [-0.05, 0) is 43.3 Å². The van der Waals surface area contributed by atoms with Crippen LogP contribution in [0.1, 0.15) is 27.6 Å². The van der Waals surface area contributed by atoms with Gasteiger partial charge in [-0.2, -0.15) is 0 Å². The minimum absolute atomic E-state index is 0.301. The number of halogens is 3. The summed E-state index contributed by atoms with van der Waals surface area (Å²) in [4.78, 5) is 27.5. The molecule has 1 heterocycles. The summed E-state index contributed by atoms with van der Waals surface area (Å²) in [6.07, 6.45) is 0. The van der Waals surface area contributed by atoms with E-state index >= 15 is 0 Å². The number of hydrogen-bond donors (Lipinski definition) is 0. The van der Waals surface area contributed by atoms with Crippen LogP contribution in [0.5, 0.6) is 0 Å². The Morgan fingerprint density at radius 2 is 1.57 bits per heavy atom.